The van der Waals surface area contributed by atoms with Crippen LogP contribution in [-0.4, -0.2) is 4.57 Å². The van der Waals surface area contributed by atoms with E-state index >= 15 is 0 Å². The van der Waals surface area contributed by atoms with Gasteiger partial charge in [-0.25, -0.2) is 4.79 Å². The molecule has 0 saturated carbocycles. The summed E-state index contributed by atoms with van der Waals surface area (Å²) in [5, 5.41) is 29.2. The Morgan fingerprint density at radius 2 is 2.00 bits per heavy atom. The van der Waals surface area contributed by atoms with Crippen molar-refractivity contribution < 1.29 is 4.42 Å². The van der Waals surface area contributed by atoms with Crippen LogP contribution in [0.1, 0.15) is 6.92 Å². The zero-order chi connectivity index (χ0) is 15.4. The molecule has 1 aromatic heterocycles. The zero-order valence-electron chi connectivity index (χ0n) is 11.0. The van der Waals surface area contributed by atoms with Gasteiger partial charge in [0.1, 0.15) is 23.9 Å². The maximum atomic E-state index is 11.6. The molecule has 0 fully saturated rings. The van der Waals surface area contributed by atoms with Gasteiger partial charge >= 0.3 is 5.76 Å². The van der Waals surface area contributed by atoms with Gasteiger partial charge < -0.3 is 9.73 Å². The van der Waals surface area contributed by atoms with Crippen LogP contribution in [-0.2, 0) is 6.54 Å². The number of benzene rings is 1. The van der Waals surface area contributed by atoms with Crippen molar-refractivity contribution in [3.05, 3.63) is 40.0 Å². The molecule has 21 heavy (non-hydrogen) atoms. The van der Waals surface area contributed by atoms with E-state index in [0.29, 0.717) is 23.3 Å². The molecule has 1 N–H and O–H groups in total. The van der Waals surface area contributed by atoms with Crippen molar-refractivity contribution in [3.63, 3.8) is 0 Å². The van der Waals surface area contributed by atoms with Gasteiger partial charge in [-0.05, 0) is 19.1 Å². The van der Waals surface area contributed by atoms with Crippen LogP contribution in [0, 0.1) is 34.0 Å². The third kappa shape index (κ3) is 2.47. The van der Waals surface area contributed by atoms with E-state index in [1.54, 1.807) is 30.3 Å². The van der Waals surface area contributed by atoms with E-state index in [1.165, 1.54) is 10.6 Å². The van der Waals surface area contributed by atoms with Crippen molar-refractivity contribution in [1.29, 1.82) is 15.8 Å². The Kier molecular flexibility index (Phi) is 3.74. The van der Waals surface area contributed by atoms with Crippen LogP contribution in [0.15, 0.2) is 38.7 Å². The highest BCUT2D eigenvalue weighted by atomic mass is 16.4. The van der Waals surface area contributed by atoms with Gasteiger partial charge in [0.25, 0.3) is 0 Å². The number of oxazole rings is 1. The number of allylic oxidation sites excluding steroid dienone is 2. The van der Waals surface area contributed by atoms with Crippen molar-refractivity contribution in [3.8, 4) is 18.2 Å². The monoisotopic (exact) mass is 279 g/mol. The number of anilines is 1. The predicted octanol–water partition coefficient (Wildman–Crippen LogP) is 1.85. The summed E-state index contributed by atoms with van der Waals surface area (Å²) in [7, 11) is 0. The summed E-state index contributed by atoms with van der Waals surface area (Å²) in [5.74, 6) is -0.463. The Hall–Kier alpha value is -3.50. The summed E-state index contributed by atoms with van der Waals surface area (Å²) >= 11 is 0. The number of aromatic nitrogens is 1. The van der Waals surface area contributed by atoms with Gasteiger partial charge in [0.05, 0.1) is 5.52 Å². The van der Waals surface area contributed by atoms with Crippen molar-refractivity contribution in [2.24, 2.45) is 0 Å². The van der Waals surface area contributed by atoms with Crippen molar-refractivity contribution >= 4 is 16.8 Å². The quantitative estimate of drug-likeness (QED) is 0.856. The fourth-order valence-electron chi connectivity index (χ4n) is 1.87. The molecule has 0 atom stereocenters. The van der Waals surface area contributed by atoms with Crippen LogP contribution in [0.4, 0.5) is 5.69 Å². The maximum absolute atomic E-state index is 11.6. The molecule has 2 aromatic rings. The molecule has 2 rings (SSSR count). The number of hydrogen-bond donors (Lipinski definition) is 1. The molecule has 0 aliphatic heterocycles. The largest absolute Gasteiger partial charge is 0.419 e. The highest BCUT2D eigenvalue weighted by Gasteiger charge is 2.10. The summed E-state index contributed by atoms with van der Waals surface area (Å²) in [4.78, 5) is 11.6. The first-order valence-corrected chi connectivity index (χ1v) is 5.99. The van der Waals surface area contributed by atoms with E-state index < -0.39 is 5.76 Å². The fraction of sp³-hybridized carbons (Fsp3) is 0.143. The van der Waals surface area contributed by atoms with Gasteiger partial charge in [-0.3, -0.25) is 4.57 Å². The molecule has 0 spiro atoms. The first-order valence-electron chi connectivity index (χ1n) is 5.99. The Morgan fingerprint density at radius 3 is 2.57 bits per heavy atom. The first-order chi connectivity index (χ1) is 10.1. The molecule has 0 radical (unpaired) electrons. The topological polar surface area (TPSA) is 119 Å². The maximum Gasteiger partial charge on any atom is 0.419 e. The van der Waals surface area contributed by atoms with Crippen molar-refractivity contribution in [2.45, 2.75) is 13.5 Å². The highest BCUT2D eigenvalue weighted by Crippen LogP contribution is 2.20. The lowest BCUT2D eigenvalue weighted by atomic mass is 10.2. The average molecular weight is 279 g/mol. The summed E-state index contributed by atoms with van der Waals surface area (Å²) in [5.41, 5.74) is 0.969. The molecule has 0 amide bonds. The highest BCUT2D eigenvalue weighted by molar-refractivity contribution is 5.78. The SMILES string of the molecule is CCn1c(=O)oc2cc(NC(C#N)=C(C#N)C#N)ccc21. The molecular formula is C14H9N5O2. The molecule has 7 nitrogen and oxygen atoms in total. The number of hydrogen-bond acceptors (Lipinski definition) is 6. The van der Waals surface area contributed by atoms with Crippen LogP contribution < -0.4 is 11.1 Å². The van der Waals surface area contributed by atoms with Gasteiger partial charge in [0.2, 0.25) is 0 Å². The lowest BCUT2D eigenvalue weighted by Gasteiger charge is -2.04. The molecule has 1 heterocycles. The Morgan fingerprint density at radius 1 is 1.29 bits per heavy atom. The number of rotatable bonds is 3. The Labute approximate surface area is 119 Å². The van der Waals surface area contributed by atoms with Crippen LogP contribution in [0.25, 0.3) is 11.1 Å². The van der Waals surface area contributed by atoms with Gasteiger partial charge in [-0.1, -0.05) is 0 Å². The molecule has 0 aliphatic rings. The lowest BCUT2D eigenvalue weighted by molar-refractivity contribution is 0.513. The van der Waals surface area contributed by atoms with Gasteiger partial charge in [0, 0.05) is 18.3 Å². The summed E-state index contributed by atoms with van der Waals surface area (Å²) in [6, 6.07) is 9.86. The minimum absolute atomic E-state index is 0.156. The van der Waals surface area contributed by atoms with E-state index in [9.17, 15) is 4.79 Å². The molecule has 102 valence electrons. The van der Waals surface area contributed by atoms with E-state index in [-0.39, 0.29) is 11.3 Å². The van der Waals surface area contributed by atoms with E-state index in [0.717, 1.165) is 0 Å². The number of nitrogens with one attached hydrogen (secondary N) is 1. The minimum Gasteiger partial charge on any atom is -0.408 e. The molecule has 0 aliphatic carbocycles. The van der Waals surface area contributed by atoms with Gasteiger partial charge in [-0.15, -0.1) is 0 Å². The zero-order valence-corrected chi connectivity index (χ0v) is 11.0. The second-order valence-electron chi connectivity index (χ2n) is 4.01. The van der Waals surface area contributed by atoms with Gasteiger partial charge in [-0.2, -0.15) is 15.8 Å². The van der Waals surface area contributed by atoms with E-state index in [2.05, 4.69) is 5.32 Å². The number of nitriles is 3. The summed E-state index contributed by atoms with van der Waals surface area (Å²) in [6.07, 6.45) is 0. The summed E-state index contributed by atoms with van der Waals surface area (Å²) < 4.78 is 6.57. The van der Waals surface area contributed by atoms with Crippen molar-refractivity contribution in [2.75, 3.05) is 5.32 Å². The Bertz CT molecular complexity index is 896. The Balaban J connectivity index is 2.49. The first kappa shape index (κ1) is 13.9. The average Bonchev–Trinajstić information content (AvgIpc) is 2.81. The molecular weight excluding hydrogens is 270 g/mol. The predicted molar refractivity (Wildman–Crippen MR) is 73.6 cm³/mol. The second kappa shape index (κ2) is 5.64. The van der Waals surface area contributed by atoms with Crippen molar-refractivity contribution in [1.82, 2.24) is 4.57 Å². The standard InChI is InChI=1S/C14H9N5O2/c1-2-19-12-4-3-10(5-13(12)21-14(19)20)18-11(8-17)9(6-15)7-16/h3-5,18H,2H2,1H3. The number of fused-ring (bicyclic) bond motifs is 1. The van der Waals surface area contributed by atoms with Crippen LogP contribution in [0.5, 0.6) is 0 Å². The molecule has 7 heteroatoms. The third-order valence-electron chi connectivity index (χ3n) is 2.84. The lowest BCUT2D eigenvalue weighted by Crippen LogP contribution is -2.11. The molecule has 0 unspecified atom stereocenters. The fourth-order valence-corrected chi connectivity index (χ4v) is 1.87. The van der Waals surface area contributed by atoms with Crippen LogP contribution in [0.3, 0.4) is 0 Å². The van der Waals surface area contributed by atoms with Crippen LogP contribution in [0.2, 0.25) is 0 Å². The smallest absolute Gasteiger partial charge is 0.408 e. The number of nitrogens with zero attached hydrogens (tertiary/aromatic N) is 4. The number of aryl methyl sites for hydroxylation is 1. The third-order valence-corrected chi connectivity index (χ3v) is 2.84. The van der Waals surface area contributed by atoms with E-state index in [1.807, 2.05) is 6.92 Å². The molecule has 1 aromatic carbocycles. The minimum atomic E-state index is -0.463. The van der Waals surface area contributed by atoms with Crippen LogP contribution >= 0.6 is 0 Å². The summed E-state index contributed by atoms with van der Waals surface area (Å²) in [6.45, 7) is 2.31. The molecule has 0 saturated heterocycles. The van der Waals surface area contributed by atoms with E-state index in [4.69, 9.17) is 20.2 Å². The molecule has 0 bridgehead atoms. The van der Waals surface area contributed by atoms with Gasteiger partial charge in [0.15, 0.2) is 11.2 Å². The normalized spacial score (nSPS) is 9.43. The second-order valence-corrected chi connectivity index (χ2v) is 4.01.